The van der Waals surface area contributed by atoms with Crippen LogP contribution in [-0.2, 0) is 0 Å². The van der Waals surface area contributed by atoms with Gasteiger partial charge in [0.1, 0.15) is 0 Å². The second-order valence-corrected chi connectivity index (χ2v) is 5.70. The molecule has 0 amide bonds. The van der Waals surface area contributed by atoms with Gasteiger partial charge in [0.05, 0.1) is 0 Å². The van der Waals surface area contributed by atoms with Crippen LogP contribution in [0.25, 0.3) is 0 Å². The third kappa shape index (κ3) is 3.74. The van der Waals surface area contributed by atoms with E-state index in [1.54, 1.807) is 0 Å². The molecule has 1 N–H and O–H groups in total. The topological polar surface area (TPSA) is 15.3 Å². The van der Waals surface area contributed by atoms with Crippen LogP contribution in [0.5, 0.6) is 0 Å². The summed E-state index contributed by atoms with van der Waals surface area (Å²) in [4.78, 5) is 2.38. The van der Waals surface area contributed by atoms with Crippen molar-refractivity contribution in [2.24, 2.45) is 0 Å². The van der Waals surface area contributed by atoms with Crippen LogP contribution in [-0.4, -0.2) is 26.2 Å². The van der Waals surface area contributed by atoms with Crippen molar-refractivity contribution >= 4 is 5.69 Å². The highest BCUT2D eigenvalue weighted by atomic mass is 15.1. The summed E-state index contributed by atoms with van der Waals surface area (Å²) in [6.07, 6.45) is 5.32. The number of rotatable bonds is 5. The van der Waals surface area contributed by atoms with Crippen LogP contribution in [0, 0.1) is 13.8 Å². The number of hydrogen-bond acceptors (Lipinski definition) is 2. The number of benzene rings is 1. The van der Waals surface area contributed by atoms with Crippen LogP contribution in [0.15, 0.2) is 18.2 Å². The van der Waals surface area contributed by atoms with Gasteiger partial charge in [-0.2, -0.15) is 0 Å². The van der Waals surface area contributed by atoms with Crippen LogP contribution in [0.3, 0.4) is 0 Å². The summed E-state index contributed by atoms with van der Waals surface area (Å²) in [7, 11) is 2.20. The van der Waals surface area contributed by atoms with E-state index in [1.807, 2.05) is 0 Å². The van der Waals surface area contributed by atoms with Gasteiger partial charge in [0.25, 0.3) is 0 Å². The number of nitrogens with zero attached hydrogens (tertiary/aromatic N) is 1. The standard InChI is InChI=1S/C16H26N2/c1-13-10-14(2)12-16(11-13)18(3)9-5-7-15-6-4-8-17-15/h10-12,15,17H,4-9H2,1-3H3. The Morgan fingerprint density at radius 2 is 1.94 bits per heavy atom. The van der Waals surface area contributed by atoms with E-state index < -0.39 is 0 Å². The van der Waals surface area contributed by atoms with Crippen LogP contribution >= 0.6 is 0 Å². The zero-order valence-electron chi connectivity index (χ0n) is 12.0. The van der Waals surface area contributed by atoms with Crippen molar-refractivity contribution < 1.29 is 0 Å². The van der Waals surface area contributed by atoms with Crippen LogP contribution in [0.1, 0.15) is 36.8 Å². The third-order valence-electron chi connectivity index (χ3n) is 3.86. The second kappa shape index (κ2) is 6.24. The Balaban J connectivity index is 1.81. The van der Waals surface area contributed by atoms with Crippen molar-refractivity contribution in [2.75, 3.05) is 25.0 Å². The zero-order chi connectivity index (χ0) is 13.0. The van der Waals surface area contributed by atoms with Crippen LogP contribution < -0.4 is 10.2 Å². The van der Waals surface area contributed by atoms with Crippen molar-refractivity contribution in [1.29, 1.82) is 0 Å². The Morgan fingerprint density at radius 1 is 1.22 bits per heavy atom. The van der Waals surface area contributed by atoms with Crippen molar-refractivity contribution in [3.8, 4) is 0 Å². The Hall–Kier alpha value is -1.02. The second-order valence-electron chi connectivity index (χ2n) is 5.70. The molecule has 1 atom stereocenters. The highest BCUT2D eigenvalue weighted by molar-refractivity contribution is 5.50. The summed E-state index contributed by atoms with van der Waals surface area (Å²) < 4.78 is 0. The molecule has 1 unspecified atom stereocenters. The molecule has 2 heteroatoms. The minimum Gasteiger partial charge on any atom is -0.375 e. The normalized spacial score (nSPS) is 19.2. The van der Waals surface area contributed by atoms with Gasteiger partial charge in [0, 0.05) is 25.3 Å². The summed E-state index contributed by atoms with van der Waals surface area (Å²) in [5.41, 5.74) is 4.07. The van der Waals surface area contributed by atoms with Gasteiger partial charge >= 0.3 is 0 Å². The molecule has 0 aliphatic carbocycles. The van der Waals surface area contributed by atoms with Crippen molar-refractivity contribution in [3.63, 3.8) is 0 Å². The number of nitrogens with one attached hydrogen (secondary N) is 1. The minimum atomic E-state index is 0.776. The fourth-order valence-corrected chi connectivity index (χ4v) is 2.88. The van der Waals surface area contributed by atoms with E-state index >= 15 is 0 Å². The lowest BCUT2D eigenvalue weighted by Crippen LogP contribution is -2.24. The smallest absolute Gasteiger partial charge is 0.0368 e. The first-order valence-corrected chi connectivity index (χ1v) is 7.18. The molecular weight excluding hydrogens is 220 g/mol. The lowest BCUT2D eigenvalue weighted by atomic mass is 10.1. The third-order valence-corrected chi connectivity index (χ3v) is 3.86. The largest absolute Gasteiger partial charge is 0.375 e. The fourth-order valence-electron chi connectivity index (χ4n) is 2.88. The predicted octanol–water partition coefficient (Wildman–Crippen LogP) is 3.27. The molecule has 100 valence electrons. The molecule has 1 aromatic rings. The molecule has 0 spiro atoms. The molecular formula is C16H26N2. The van der Waals surface area contributed by atoms with E-state index in [0.717, 1.165) is 12.6 Å². The maximum Gasteiger partial charge on any atom is 0.0368 e. The molecule has 1 aliphatic rings. The molecule has 2 nitrogen and oxygen atoms in total. The molecule has 1 fully saturated rings. The summed E-state index contributed by atoms with van der Waals surface area (Å²) in [5, 5.41) is 3.57. The quantitative estimate of drug-likeness (QED) is 0.858. The van der Waals surface area contributed by atoms with Gasteiger partial charge in [-0.25, -0.2) is 0 Å². The average Bonchev–Trinajstić information content (AvgIpc) is 2.80. The monoisotopic (exact) mass is 246 g/mol. The lowest BCUT2D eigenvalue weighted by Gasteiger charge is -2.21. The first kappa shape index (κ1) is 13.4. The summed E-state index contributed by atoms with van der Waals surface area (Å²) in [5.74, 6) is 0. The van der Waals surface area contributed by atoms with Crippen LogP contribution in [0.2, 0.25) is 0 Å². The minimum absolute atomic E-state index is 0.776. The van der Waals surface area contributed by atoms with E-state index in [4.69, 9.17) is 0 Å². The highest BCUT2D eigenvalue weighted by Crippen LogP contribution is 2.18. The molecule has 0 aromatic heterocycles. The summed E-state index contributed by atoms with van der Waals surface area (Å²) in [6.45, 7) is 6.72. The van der Waals surface area contributed by atoms with E-state index in [-0.39, 0.29) is 0 Å². The molecule has 1 saturated heterocycles. The van der Waals surface area contributed by atoms with Crippen molar-refractivity contribution in [1.82, 2.24) is 5.32 Å². The highest BCUT2D eigenvalue weighted by Gasteiger charge is 2.13. The number of hydrogen-bond donors (Lipinski definition) is 1. The molecule has 0 bridgehead atoms. The van der Waals surface area contributed by atoms with Gasteiger partial charge in [-0.15, -0.1) is 0 Å². The number of aryl methyl sites for hydroxylation is 2. The predicted molar refractivity (Wildman–Crippen MR) is 79.4 cm³/mol. The Labute approximate surface area is 111 Å². The van der Waals surface area contributed by atoms with Gasteiger partial charge in [-0.1, -0.05) is 6.07 Å². The average molecular weight is 246 g/mol. The molecule has 0 radical (unpaired) electrons. The summed E-state index contributed by atoms with van der Waals surface area (Å²) >= 11 is 0. The molecule has 18 heavy (non-hydrogen) atoms. The first-order valence-electron chi connectivity index (χ1n) is 7.18. The fraction of sp³-hybridized carbons (Fsp3) is 0.625. The maximum atomic E-state index is 3.57. The Morgan fingerprint density at radius 3 is 2.56 bits per heavy atom. The van der Waals surface area contributed by atoms with Gasteiger partial charge in [0.15, 0.2) is 0 Å². The van der Waals surface area contributed by atoms with Crippen LogP contribution in [0.4, 0.5) is 5.69 Å². The lowest BCUT2D eigenvalue weighted by molar-refractivity contribution is 0.536. The number of anilines is 1. The zero-order valence-corrected chi connectivity index (χ0v) is 12.0. The van der Waals surface area contributed by atoms with Gasteiger partial charge in [-0.05, 0) is 69.3 Å². The van der Waals surface area contributed by atoms with Gasteiger partial charge < -0.3 is 10.2 Å². The molecule has 0 saturated carbocycles. The van der Waals surface area contributed by atoms with Gasteiger partial charge in [0.2, 0.25) is 0 Å². The molecule has 1 aromatic carbocycles. The molecule has 1 aliphatic heterocycles. The molecule has 2 rings (SSSR count). The van der Waals surface area contributed by atoms with Gasteiger partial charge in [-0.3, -0.25) is 0 Å². The van der Waals surface area contributed by atoms with E-state index in [2.05, 4.69) is 49.3 Å². The van der Waals surface area contributed by atoms with Crippen molar-refractivity contribution in [3.05, 3.63) is 29.3 Å². The maximum absolute atomic E-state index is 3.57. The Bertz CT molecular complexity index is 360. The van der Waals surface area contributed by atoms with E-state index in [0.29, 0.717) is 0 Å². The van der Waals surface area contributed by atoms with Crippen molar-refractivity contribution in [2.45, 2.75) is 45.6 Å². The Kier molecular flexibility index (Phi) is 4.65. The summed E-state index contributed by atoms with van der Waals surface area (Å²) in [6, 6.07) is 7.57. The first-order chi connectivity index (χ1) is 8.65. The van der Waals surface area contributed by atoms with E-state index in [1.165, 1.54) is 49.0 Å². The van der Waals surface area contributed by atoms with E-state index in [9.17, 15) is 0 Å². The molecule has 1 heterocycles. The SMILES string of the molecule is Cc1cc(C)cc(N(C)CCCC2CCCN2)c1.